The Labute approximate surface area is 177 Å². The number of benzene rings is 1. The Morgan fingerprint density at radius 1 is 1.17 bits per heavy atom. The number of halogens is 1. The van der Waals surface area contributed by atoms with Crippen molar-refractivity contribution in [2.24, 2.45) is 5.92 Å². The molecule has 0 unspecified atom stereocenters. The van der Waals surface area contributed by atoms with E-state index in [1.54, 1.807) is 6.20 Å². The highest BCUT2D eigenvalue weighted by molar-refractivity contribution is 6.30. The Kier molecular flexibility index (Phi) is 7.64. The van der Waals surface area contributed by atoms with E-state index in [2.05, 4.69) is 10.3 Å². The molecule has 0 aliphatic carbocycles. The minimum atomic E-state index is -0.204. The molecule has 29 heavy (non-hydrogen) atoms. The van der Waals surface area contributed by atoms with E-state index in [0.29, 0.717) is 43.8 Å². The van der Waals surface area contributed by atoms with E-state index in [1.807, 2.05) is 54.3 Å². The van der Waals surface area contributed by atoms with Crippen molar-refractivity contribution < 1.29 is 9.59 Å². The Morgan fingerprint density at radius 2 is 1.90 bits per heavy atom. The summed E-state index contributed by atoms with van der Waals surface area (Å²) in [5.41, 5.74) is 1.93. The molecule has 0 saturated carbocycles. The van der Waals surface area contributed by atoms with Gasteiger partial charge in [0.15, 0.2) is 0 Å². The summed E-state index contributed by atoms with van der Waals surface area (Å²) >= 11 is 5.99. The van der Waals surface area contributed by atoms with Gasteiger partial charge in [0.25, 0.3) is 0 Å². The number of pyridine rings is 1. The Hall–Kier alpha value is -2.40. The molecule has 0 spiro atoms. The molecule has 6 heteroatoms. The number of aromatic nitrogens is 1. The number of carbonyl (C=O) groups is 2. The molecule has 1 saturated heterocycles. The molecule has 5 nitrogen and oxygen atoms in total. The first kappa shape index (κ1) is 21.3. The van der Waals surface area contributed by atoms with Crippen LogP contribution < -0.4 is 5.32 Å². The summed E-state index contributed by atoms with van der Waals surface area (Å²) in [5.74, 6) is 0.162. The SMILES string of the molecule is CCCC(=O)N1CCC(C(=O)N[C@@H](Cc2ccc(Cl)cc2)c2ccccn2)CC1. The van der Waals surface area contributed by atoms with E-state index in [1.165, 1.54) is 0 Å². The normalized spacial score (nSPS) is 15.7. The number of amides is 2. The van der Waals surface area contributed by atoms with Gasteiger partial charge in [-0.15, -0.1) is 0 Å². The van der Waals surface area contributed by atoms with E-state index in [9.17, 15) is 9.59 Å². The quantitative estimate of drug-likeness (QED) is 0.740. The van der Waals surface area contributed by atoms with Crippen LogP contribution in [0.1, 0.15) is 49.9 Å². The van der Waals surface area contributed by atoms with E-state index < -0.39 is 0 Å². The number of rotatable bonds is 7. The summed E-state index contributed by atoms with van der Waals surface area (Å²) < 4.78 is 0. The lowest BCUT2D eigenvalue weighted by atomic mass is 9.94. The largest absolute Gasteiger partial charge is 0.347 e. The fourth-order valence-electron chi connectivity index (χ4n) is 3.72. The molecule has 2 amide bonds. The summed E-state index contributed by atoms with van der Waals surface area (Å²) in [4.78, 5) is 31.4. The number of nitrogens with zero attached hydrogens (tertiary/aromatic N) is 2. The van der Waals surface area contributed by atoms with E-state index in [0.717, 1.165) is 17.7 Å². The first-order chi connectivity index (χ1) is 14.1. The van der Waals surface area contributed by atoms with Gasteiger partial charge in [-0.25, -0.2) is 0 Å². The third-order valence-electron chi connectivity index (χ3n) is 5.40. The molecule has 1 aliphatic rings. The highest BCUT2D eigenvalue weighted by atomic mass is 35.5. The summed E-state index contributed by atoms with van der Waals surface area (Å²) in [7, 11) is 0. The minimum Gasteiger partial charge on any atom is -0.347 e. The maximum Gasteiger partial charge on any atom is 0.223 e. The highest BCUT2D eigenvalue weighted by Crippen LogP contribution is 2.22. The second kappa shape index (κ2) is 10.4. The molecule has 0 bridgehead atoms. The molecular formula is C23H28ClN3O2. The van der Waals surface area contributed by atoms with Gasteiger partial charge in [-0.05, 0) is 55.5 Å². The lowest BCUT2D eigenvalue weighted by Crippen LogP contribution is -2.44. The average Bonchev–Trinajstić information content (AvgIpc) is 2.75. The molecule has 1 aromatic carbocycles. The van der Waals surface area contributed by atoms with Gasteiger partial charge in [0.05, 0.1) is 11.7 Å². The molecule has 0 radical (unpaired) electrons. The first-order valence-electron chi connectivity index (χ1n) is 10.3. The average molecular weight is 414 g/mol. The van der Waals surface area contributed by atoms with Gasteiger partial charge >= 0.3 is 0 Å². The monoisotopic (exact) mass is 413 g/mol. The van der Waals surface area contributed by atoms with Crippen molar-refractivity contribution in [1.29, 1.82) is 0 Å². The van der Waals surface area contributed by atoms with Crippen molar-refractivity contribution in [3.8, 4) is 0 Å². The van der Waals surface area contributed by atoms with Gasteiger partial charge in [0, 0.05) is 36.6 Å². The van der Waals surface area contributed by atoms with Crippen LogP contribution in [-0.2, 0) is 16.0 Å². The smallest absolute Gasteiger partial charge is 0.223 e. The molecule has 1 aliphatic heterocycles. The first-order valence-corrected chi connectivity index (χ1v) is 10.7. The van der Waals surface area contributed by atoms with E-state index in [-0.39, 0.29) is 23.8 Å². The summed E-state index contributed by atoms with van der Waals surface area (Å²) in [6.07, 6.45) is 5.24. The van der Waals surface area contributed by atoms with Crippen molar-refractivity contribution in [1.82, 2.24) is 15.2 Å². The zero-order valence-electron chi connectivity index (χ0n) is 16.8. The lowest BCUT2D eigenvalue weighted by Gasteiger charge is -2.32. The van der Waals surface area contributed by atoms with Crippen LogP contribution in [0.15, 0.2) is 48.7 Å². The van der Waals surface area contributed by atoms with E-state index in [4.69, 9.17) is 11.6 Å². The number of piperidine rings is 1. The highest BCUT2D eigenvalue weighted by Gasteiger charge is 2.28. The summed E-state index contributed by atoms with van der Waals surface area (Å²) in [6.45, 7) is 3.32. The van der Waals surface area contributed by atoms with Gasteiger partial charge in [0.2, 0.25) is 11.8 Å². The third kappa shape index (κ3) is 6.04. The zero-order chi connectivity index (χ0) is 20.6. The van der Waals surface area contributed by atoms with Gasteiger partial charge in [0.1, 0.15) is 0 Å². The van der Waals surface area contributed by atoms with E-state index >= 15 is 0 Å². The minimum absolute atomic E-state index is 0.0391. The molecule has 2 aromatic rings. The van der Waals surface area contributed by atoms with Crippen molar-refractivity contribution in [3.05, 3.63) is 64.9 Å². The lowest BCUT2D eigenvalue weighted by molar-refractivity contribution is -0.135. The molecule has 1 atom stereocenters. The molecule has 154 valence electrons. The van der Waals surface area contributed by atoms with Gasteiger partial charge in [-0.1, -0.05) is 36.7 Å². The maximum atomic E-state index is 13.0. The predicted molar refractivity (Wildman–Crippen MR) is 114 cm³/mol. The maximum absolute atomic E-state index is 13.0. The van der Waals surface area contributed by atoms with Gasteiger partial charge in [-0.3, -0.25) is 14.6 Å². The summed E-state index contributed by atoms with van der Waals surface area (Å²) in [5, 5.41) is 3.89. The van der Waals surface area contributed by atoms with Crippen LogP contribution >= 0.6 is 11.6 Å². The molecule has 1 aromatic heterocycles. The van der Waals surface area contributed by atoms with Crippen LogP contribution in [0.4, 0.5) is 0 Å². The molecule has 2 heterocycles. The van der Waals surface area contributed by atoms with Crippen LogP contribution in [0.5, 0.6) is 0 Å². The number of likely N-dealkylation sites (tertiary alicyclic amines) is 1. The second-order valence-electron chi connectivity index (χ2n) is 7.55. The van der Waals surface area contributed by atoms with Crippen molar-refractivity contribution in [2.75, 3.05) is 13.1 Å². The molecule has 3 rings (SSSR count). The third-order valence-corrected chi connectivity index (χ3v) is 5.65. The standard InChI is InChI=1S/C23H28ClN3O2/c1-2-5-22(28)27-14-11-18(12-15-27)23(29)26-21(20-6-3-4-13-25-20)16-17-7-9-19(24)10-8-17/h3-4,6-10,13,18,21H,2,5,11-12,14-16H2,1H3,(H,26,29)/t21-/m0/s1. The Bertz CT molecular complexity index is 803. The fraction of sp³-hybridized carbons (Fsp3) is 0.435. The van der Waals surface area contributed by atoms with Crippen LogP contribution in [0, 0.1) is 5.92 Å². The Balaban J connectivity index is 1.64. The number of hydrogen-bond donors (Lipinski definition) is 1. The van der Waals surface area contributed by atoms with Crippen LogP contribution in [0.2, 0.25) is 5.02 Å². The van der Waals surface area contributed by atoms with Crippen LogP contribution in [0.25, 0.3) is 0 Å². The number of hydrogen-bond acceptors (Lipinski definition) is 3. The second-order valence-corrected chi connectivity index (χ2v) is 7.99. The van der Waals surface area contributed by atoms with Crippen molar-refractivity contribution in [2.45, 2.75) is 45.1 Å². The zero-order valence-corrected chi connectivity index (χ0v) is 17.6. The summed E-state index contributed by atoms with van der Waals surface area (Å²) in [6, 6.07) is 13.2. The number of carbonyl (C=O) groups excluding carboxylic acids is 2. The predicted octanol–water partition coefficient (Wildman–Crippen LogP) is 4.17. The molecular weight excluding hydrogens is 386 g/mol. The molecule has 1 N–H and O–H groups in total. The van der Waals surface area contributed by atoms with Gasteiger partial charge < -0.3 is 10.2 Å². The van der Waals surface area contributed by atoms with Crippen LogP contribution in [0.3, 0.4) is 0 Å². The number of nitrogens with one attached hydrogen (secondary N) is 1. The topological polar surface area (TPSA) is 62.3 Å². The molecule has 1 fully saturated rings. The Morgan fingerprint density at radius 3 is 2.52 bits per heavy atom. The van der Waals surface area contributed by atoms with Crippen molar-refractivity contribution in [3.63, 3.8) is 0 Å². The van der Waals surface area contributed by atoms with Crippen molar-refractivity contribution >= 4 is 23.4 Å². The fourth-order valence-corrected chi connectivity index (χ4v) is 3.85. The van der Waals surface area contributed by atoms with Crippen LogP contribution in [-0.4, -0.2) is 34.8 Å². The van der Waals surface area contributed by atoms with Gasteiger partial charge in [-0.2, -0.15) is 0 Å².